The van der Waals surface area contributed by atoms with Crippen LogP contribution < -0.4 is 19.7 Å². The van der Waals surface area contributed by atoms with Crippen LogP contribution in [-0.4, -0.2) is 37.7 Å². The van der Waals surface area contributed by atoms with Crippen molar-refractivity contribution in [3.05, 3.63) is 54.6 Å². The molecule has 4 rings (SSSR count). The maximum atomic E-state index is 12.4. The third kappa shape index (κ3) is 4.48. The first-order valence-corrected chi connectivity index (χ1v) is 10.3. The van der Waals surface area contributed by atoms with Crippen LogP contribution in [0.1, 0.15) is 19.8 Å². The molecule has 6 heteroatoms. The number of ether oxygens (including phenoxy) is 2. The number of nitrogens with one attached hydrogen (secondary N) is 1. The van der Waals surface area contributed by atoms with Crippen molar-refractivity contribution in [3.63, 3.8) is 0 Å². The summed E-state index contributed by atoms with van der Waals surface area (Å²) in [4.78, 5) is 19.6. The fourth-order valence-corrected chi connectivity index (χ4v) is 3.72. The first-order valence-electron chi connectivity index (χ1n) is 10.3. The molecule has 2 heterocycles. The SMILES string of the molecule is COc1ccccc1NC(=O)COc1cccc2ccc(N3CCC(C)CC3)nc12. The lowest BCUT2D eigenvalue weighted by Gasteiger charge is -2.31. The molecule has 156 valence electrons. The molecular weight excluding hydrogens is 378 g/mol. The van der Waals surface area contributed by atoms with Gasteiger partial charge in [0.25, 0.3) is 5.91 Å². The number of benzene rings is 2. The summed E-state index contributed by atoms with van der Waals surface area (Å²) >= 11 is 0. The van der Waals surface area contributed by atoms with Gasteiger partial charge >= 0.3 is 0 Å². The zero-order chi connectivity index (χ0) is 20.9. The van der Waals surface area contributed by atoms with Crippen molar-refractivity contribution in [2.75, 3.05) is 37.0 Å². The average molecular weight is 405 g/mol. The largest absolute Gasteiger partial charge is 0.495 e. The van der Waals surface area contributed by atoms with Crippen molar-refractivity contribution in [2.24, 2.45) is 5.92 Å². The van der Waals surface area contributed by atoms with E-state index in [0.717, 1.165) is 35.7 Å². The van der Waals surface area contributed by atoms with Gasteiger partial charge in [0, 0.05) is 18.5 Å². The van der Waals surface area contributed by atoms with Gasteiger partial charge in [0.1, 0.15) is 22.8 Å². The van der Waals surface area contributed by atoms with E-state index in [9.17, 15) is 4.79 Å². The second kappa shape index (κ2) is 9.03. The van der Waals surface area contributed by atoms with Gasteiger partial charge in [-0.1, -0.05) is 31.2 Å². The number of piperidine rings is 1. The third-order valence-electron chi connectivity index (χ3n) is 5.52. The third-order valence-corrected chi connectivity index (χ3v) is 5.52. The molecule has 0 saturated carbocycles. The summed E-state index contributed by atoms with van der Waals surface area (Å²) in [7, 11) is 1.57. The molecule has 0 atom stereocenters. The lowest BCUT2D eigenvalue weighted by Crippen LogP contribution is -2.33. The molecule has 1 aliphatic rings. The molecule has 30 heavy (non-hydrogen) atoms. The number of para-hydroxylation sites is 3. The van der Waals surface area contributed by atoms with Crippen LogP contribution in [0, 0.1) is 5.92 Å². The molecule has 0 bridgehead atoms. The molecule has 0 aliphatic carbocycles. The van der Waals surface area contributed by atoms with E-state index >= 15 is 0 Å². The van der Waals surface area contributed by atoms with E-state index in [1.165, 1.54) is 12.8 Å². The highest BCUT2D eigenvalue weighted by Crippen LogP contribution is 2.29. The van der Waals surface area contributed by atoms with Crippen LogP contribution in [0.2, 0.25) is 0 Å². The number of pyridine rings is 1. The Morgan fingerprint density at radius 3 is 2.63 bits per heavy atom. The Labute approximate surface area is 176 Å². The van der Waals surface area contributed by atoms with Crippen LogP contribution in [0.3, 0.4) is 0 Å². The van der Waals surface area contributed by atoms with E-state index < -0.39 is 0 Å². The molecule has 1 aliphatic heterocycles. The molecule has 0 spiro atoms. The maximum Gasteiger partial charge on any atom is 0.262 e. The number of hydrogen-bond acceptors (Lipinski definition) is 5. The standard InChI is InChI=1S/C24H27N3O3/c1-17-12-14-27(15-13-17)22-11-10-18-6-5-9-21(24(18)26-22)30-16-23(28)25-19-7-3-4-8-20(19)29-2/h3-11,17H,12-16H2,1-2H3,(H,25,28). The molecule has 1 fully saturated rings. The van der Waals surface area contributed by atoms with Crippen LogP contribution in [0.25, 0.3) is 10.9 Å². The van der Waals surface area contributed by atoms with E-state index in [1.807, 2.05) is 30.3 Å². The molecule has 1 saturated heterocycles. The number of nitrogens with zero attached hydrogens (tertiary/aromatic N) is 2. The zero-order valence-electron chi connectivity index (χ0n) is 17.4. The predicted octanol–water partition coefficient (Wildman–Crippen LogP) is 4.50. The maximum absolute atomic E-state index is 12.4. The summed E-state index contributed by atoms with van der Waals surface area (Å²) in [6.07, 6.45) is 2.36. The van der Waals surface area contributed by atoms with Gasteiger partial charge in [0.05, 0.1) is 12.8 Å². The van der Waals surface area contributed by atoms with Crippen molar-refractivity contribution in [1.82, 2.24) is 4.98 Å². The summed E-state index contributed by atoms with van der Waals surface area (Å²) in [6, 6.07) is 17.2. The molecule has 1 aromatic heterocycles. The summed E-state index contributed by atoms with van der Waals surface area (Å²) < 4.78 is 11.1. The molecule has 6 nitrogen and oxygen atoms in total. The first-order chi connectivity index (χ1) is 14.6. The highest BCUT2D eigenvalue weighted by molar-refractivity contribution is 5.94. The number of methoxy groups -OCH3 is 1. The summed E-state index contributed by atoms with van der Waals surface area (Å²) in [5.74, 6) is 2.69. The van der Waals surface area contributed by atoms with Gasteiger partial charge in [0.15, 0.2) is 6.61 Å². The lowest BCUT2D eigenvalue weighted by molar-refractivity contribution is -0.118. The van der Waals surface area contributed by atoms with E-state index in [2.05, 4.69) is 29.3 Å². The molecule has 0 radical (unpaired) electrons. The number of carbonyl (C=O) groups is 1. The van der Waals surface area contributed by atoms with Crippen molar-refractivity contribution in [3.8, 4) is 11.5 Å². The fraction of sp³-hybridized carbons (Fsp3) is 0.333. The van der Waals surface area contributed by atoms with Crippen molar-refractivity contribution in [2.45, 2.75) is 19.8 Å². The van der Waals surface area contributed by atoms with Crippen molar-refractivity contribution >= 4 is 28.3 Å². The van der Waals surface area contributed by atoms with Crippen LogP contribution in [-0.2, 0) is 4.79 Å². The number of anilines is 2. The van der Waals surface area contributed by atoms with Gasteiger partial charge in [-0.3, -0.25) is 4.79 Å². The normalized spacial score (nSPS) is 14.5. The number of amides is 1. The van der Waals surface area contributed by atoms with Crippen LogP contribution in [0.15, 0.2) is 54.6 Å². The van der Waals surface area contributed by atoms with Crippen LogP contribution in [0.5, 0.6) is 11.5 Å². The lowest BCUT2D eigenvalue weighted by atomic mass is 9.99. The Morgan fingerprint density at radius 1 is 1.07 bits per heavy atom. The molecule has 1 amide bonds. The molecule has 2 aromatic carbocycles. The van der Waals surface area contributed by atoms with Gasteiger partial charge in [0.2, 0.25) is 0 Å². The second-order valence-corrected chi connectivity index (χ2v) is 7.70. The zero-order valence-corrected chi connectivity index (χ0v) is 17.4. The van der Waals surface area contributed by atoms with Gasteiger partial charge in [-0.15, -0.1) is 0 Å². The Hall–Kier alpha value is -3.28. The predicted molar refractivity (Wildman–Crippen MR) is 119 cm³/mol. The van der Waals surface area contributed by atoms with Crippen molar-refractivity contribution in [1.29, 1.82) is 0 Å². The van der Waals surface area contributed by atoms with E-state index in [4.69, 9.17) is 14.5 Å². The van der Waals surface area contributed by atoms with Gasteiger partial charge in [-0.25, -0.2) is 4.98 Å². The smallest absolute Gasteiger partial charge is 0.262 e. The Balaban J connectivity index is 1.48. The summed E-state index contributed by atoms with van der Waals surface area (Å²) in [5.41, 5.74) is 1.39. The van der Waals surface area contributed by atoms with E-state index in [1.54, 1.807) is 19.2 Å². The molecular formula is C24H27N3O3. The van der Waals surface area contributed by atoms with Gasteiger partial charge in [-0.2, -0.15) is 0 Å². The highest BCUT2D eigenvalue weighted by atomic mass is 16.5. The molecule has 0 unspecified atom stereocenters. The monoisotopic (exact) mass is 405 g/mol. The number of carbonyl (C=O) groups excluding carboxylic acids is 1. The number of fused-ring (bicyclic) bond motifs is 1. The quantitative estimate of drug-likeness (QED) is 0.654. The highest BCUT2D eigenvalue weighted by Gasteiger charge is 2.18. The number of aromatic nitrogens is 1. The topological polar surface area (TPSA) is 63.7 Å². The summed E-state index contributed by atoms with van der Waals surface area (Å²) in [6.45, 7) is 4.23. The van der Waals surface area contributed by atoms with Crippen LogP contribution in [0.4, 0.5) is 11.5 Å². The minimum atomic E-state index is -0.252. The van der Waals surface area contributed by atoms with Gasteiger partial charge in [-0.05, 0) is 49.1 Å². The van der Waals surface area contributed by atoms with Gasteiger partial charge < -0.3 is 19.7 Å². The number of rotatable bonds is 6. The second-order valence-electron chi connectivity index (χ2n) is 7.70. The minimum absolute atomic E-state index is 0.107. The Bertz CT molecular complexity index is 1030. The minimum Gasteiger partial charge on any atom is -0.495 e. The fourth-order valence-electron chi connectivity index (χ4n) is 3.72. The average Bonchev–Trinajstić information content (AvgIpc) is 2.78. The molecule has 3 aromatic rings. The molecule has 1 N–H and O–H groups in total. The van der Waals surface area contributed by atoms with E-state index in [0.29, 0.717) is 17.2 Å². The number of hydrogen-bond donors (Lipinski definition) is 1. The summed E-state index contributed by atoms with van der Waals surface area (Å²) in [5, 5.41) is 3.82. The van der Waals surface area contributed by atoms with Crippen molar-refractivity contribution < 1.29 is 14.3 Å². The first kappa shape index (κ1) is 20.0. The van der Waals surface area contributed by atoms with Crippen LogP contribution >= 0.6 is 0 Å². The Kier molecular flexibility index (Phi) is 6.02. The Morgan fingerprint density at radius 2 is 1.83 bits per heavy atom. The van der Waals surface area contributed by atoms with E-state index in [-0.39, 0.29) is 12.5 Å².